The molecule has 1 heterocycles. The fraction of sp³-hybridized carbons (Fsp3) is 0.333. The maximum absolute atomic E-state index is 11.2. The molecule has 0 amide bonds. The van der Waals surface area contributed by atoms with E-state index in [-0.39, 0.29) is 5.97 Å². The first kappa shape index (κ1) is 9.99. The van der Waals surface area contributed by atoms with Crippen molar-refractivity contribution in [1.82, 2.24) is 4.98 Å². The molecule has 13 heavy (non-hydrogen) atoms. The maximum Gasteiger partial charge on any atom is 0.338 e. The van der Waals surface area contributed by atoms with Crippen LogP contribution in [0.3, 0.4) is 0 Å². The Labute approximate surface area is 81.7 Å². The summed E-state index contributed by atoms with van der Waals surface area (Å²) >= 11 is 5.81. The van der Waals surface area contributed by atoms with E-state index >= 15 is 0 Å². The number of aromatic nitrogens is 1. The van der Waals surface area contributed by atoms with E-state index in [4.69, 9.17) is 11.6 Å². The fourth-order valence-electron chi connectivity index (χ4n) is 1.10. The molecule has 0 unspecified atom stereocenters. The second-order valence-electron chi connectivity index (χ2n) is 2.47. The van der Waals surface area contributed by atoms with Gasteiger partial charge >= 0.3 is 5.97 Å². The van der Waals surface area contributed by atoms with E-state index < -0.39 is 0 Å². The van der Waals surface area contributed by atoms with Crippen molar-refractivity contribution in [2.24, 2.45) is 0 Å². The SMILES string of the molecule is CCc1c(C(=O)OC)ccnc1Cl. The van der Waals surface area contributed by atoms with E-state index in [9.17, 15) is 4.79 Å². The van der Waals surface area contributed by atoms with E-state index in [1.54, 1.807) is 6.07 Å². The highest BCUT2D eigenvalue weighted by molar-refractivity contribution is 6.30. The van der Waals surface area contributed by atoms with E-state index in [1.807, 2.05) is 6.92 Å². The summed E-state index contributed by atoms with van der Waals surface area (Å²) in [5, 5.41) is 0.366. The average molecular weight is 200 g/mol. The lowest BCUT2D eigenvalue weighted by Crippen LogP contribution is -2.06. The van der Waals surface area contributed by atoms with Gasteiger partial charge in [-0.25, -0.2) is 9.78 Å². The van der Waals surface area contributed by atoms with Crippen LogP contribution in [-0.2, 0) is 11.2 Å². The normalized spacial score (nSPS) is 9.77. The smallest absolute Gasteiger partial charge is 0.338 e. The molecule has 0 saturated heterocycles. The fourth-order valence-corrected chi connectivity index (χ4v) is 1.40. The molecule has 0 fully saturated rings. The minimum absolute atomic E-state index is 0.366. The van der Waals surface area contributed by atoms with Crippen LogP contribution in [0.1, 0.15) is 22.8 Å². The number of hydrogen-bond donors (Lipinski definition) is 0. The number of rotatable bonds is 2. The number of pyridine rings is 1. The molecule has 0 aliphatic rings. The molecule has 0 N–H and O–H groups in total. The minimum atomic E-state index is -0.374. The summed E-state index contributed by atoms with van der Waals surface area (Å²) in [4.78, 5) is 15.1. The van der Waals surface area contributed by atoms with Crippen LogP contribution in [-0.4, -0.2) is 18.1 Å². The number of methoxy groups -OCH3 is 1. The Morgan fingerprint density at radius 2 is 2.38 bits per heavy atom. The van der Waals surface area contributed by atoms with Gasteiger partial charge in [0.05, 0.1) is 12.7 Å². The van der Waals surface area contributed by atoms with Crippen molar-refractivity contribution in [3.63, 3.8) is 0 Å². The Hall–Kier alpha value is -1.09. The standard InChI is InChI=1S/C9H10ClNO2/c1-3-6-7(9(12)13-2)4-5-11-8(6)10/h4-5H,3H2,1-2H3. The van der Waals surface area contributed by atoms with Gasteiger partial charge in [0.2, 0.25) is 0 Å². The number of carbonyl (C=O) groups excluding carboxylic acids is 1. The second-order valence-corrected chi connectivity index (χ2v) is 2.83. The Balaban J connectivity index is 3.20. The summed E-state index contributed by atoms with van der Waals surface area (Å²) in [5.74, 6) is -0.374. The lowest BCUT2D eigenvalue weighted by Gasteiger charge is -2.05. The van der Waals surface area contributed by atoms with Gasteiger partial charge in [0.1, 0.15) is 5.15 Å². The molecule has 0 aliphatic carbocycles. The third kappa shape index (κ3) is 1.98. The molecule has 0 aromatic carbocycles. The zero-order valence-electron chi connectivity index (χ0n) is 7.50. The van der Waals surface area contributed by atoms with Crippen LogP contribution >= 0.6 is 11.6 Å². The van der Waals surface area contributed by atoms with Crippen molar-refractivity contribution in [1.29, 1.82) is 0 Å². The monoisotopic (exact) mass is 199 g/mol. The van der Waals surface area contributed by atoms with Gasteiger partial charge < -0.3 is 4.74 Å². The third-order valence-electron chi connectivity index (χ3n) is 1.76. The first-order valence-electron chi connectivity index (χ1n) is 3.92. The summed E-state index contributed by atoms with van der Waals surface area (Å²) in [7, 11) is 1.34. The molecule has 0 aliphatic heterocycles. The Morgan fingerprint density at radius 1 is 1.69 bits per heavy atom. The van der Waals surface area contributed by atoms with Crippen LogP contribution in [0.15, 0.2) is 12.3 Å². The van der Waals surface area contributed by atoms with E-state index in [0.717, 1.165) is 5.56 Å². The van der Waals surface area contributed by atoms with E-state index in [2.05, 4.69) is 9.72 Å². The summed E-state index contributed by atoms with van der Waals surface area (Å²) in [6.07, 6.45) is 2.16. The van der Waals surface area contributed by atoms with Crippen LogP contribution in [0, 0.1) is 0 Å². The number of hydrogen-bond acceptors (Lipinski definition) is 3. The number of esters is 1. The minimum Gasteiger partial charge on any atom is -0.465 e. The van der Waals surface area contributed by atoms with Crippen molar-refractivity contribution in [2.45, 2.75) is 13.3 Å². The molecule has 70 valence electrons. The predicted molar refractivity (Wildman–Crippen MR) is 50.0 cm³/mol. The molecule has 0 atom stereocenters. The first-order valence-corrected chi connectivity index (χ1v) is 4.30. The van der Waals surface area contributed by atoms with Crippen LogP contribution in [0.5, 0.6) is 0 Å². The number of nitrogens with zero attached hydrogens (tertiary/aromatic N) is 1. The van der Waals surface area contributed by atoms with Crippen LogP contribution in [0.25, 0.3) is 0 Å². The highest BCUT2D eigenvalue weighted by Crippen LogP contribution is 2.18. The topological polar surface area (TPSA) is 39.2 Å². The van der Waals surface area contributed by atoms with E-state index in [1.165, 1.54) is 13.3 Å². The lowest BCUT2D eigenvalue weighted by molar-refractivity contribution is 0.0599. The highest BCUT2D eigenvalue weighted by Gasteiger charge is 2.13. The molecule has 4 heteroatoms. The second kappa shape index (κ2) is 4.23. The summed E-state index contributed by atoms with van der Waals surface area (Å²) < 4.78 is 4.61. The van der Waals surface area contributed by atoms with Gasteiger partial charge in [-0.15, -0.1) is 0 Å². The largest absolute Gasteiger partial charge is 0.465 e. The predicted octanol–water partition coefficient (Wildman–Crippen LogP) is 2.08. The van der Waals surface area contributed by atoms with Gasteiger partial charge in [-0.2, -0.15) is 0 Å². The number of ether oxygens (including phenoxy) is 1. The molecule has 1 aromatic rings. The molecular weight excluding hydrogens is 190 g/mol. The molecule has 0 saturated carbocycles. The average Bonchev–Trinajstić information content (AvgIpc) is 2.16. The van der Waals surface area contributed by atoms with Gasteiger partial charge in [0.15, 0.2) is 0 Å². The van der Waals surface area contributed by atoms with Crippen LogP contribution < -0.4 is 0 Å². The molecule has 3 nitrogen and oxygen atoms in total. The maximum atomic E-state index is 11.2. The van der Waals surface area contributed by atoms with Crippen molar-refractivity contribution in [3.05, 3.63) is 28.5 Å². The highest BCUT2D eigenvalue weighted by atomic mass is 35.5. The quantitative estimate of drug-likeness (QED) is 0.541. The molecule has 1 rings (SSSR count). The lowest BCUT2D eigenvalue weighted by atomic mass is 10.1. The van der Waals surface area contributed by atoms with Crippen molar-refractivity contribution in [2.75, 3.05) is 7.11 Å². The molecular formula is C9H10ClNO2. The third-order valence-corrected chi connectivity index (χ3v) is 2.09. The first-order chi connectivity index (χ1) is 6.20. The summed E-state index contributed by atoms with van der Waals surface area (Å²) in [6, 6.07) is 1.61. The number of carbonyl (C=O) groups is 1. The number of halogens is 1. The molecule has 0 bridgehead atoms. The molecule has 0 spiro atoms. The van der Waals surface area contributed by atoms with Crippen molar-refractivity contribution < 1.29 is 9.53 Å². The molecule has 0 radical (unpaired) electrons. The summed E-state index contributed by atoms with van der Waals surface area (Å²) in [6.45, 7) is 1.91. The Morgan fingerprint density at radius 3 is 2.92 bits per heavy atom. The van der Waals surface area contributed by atoms with Crippen molar-refractivity contribution >= 4 is 17.6 Å². The van der Waals surface area contributed by atoms with Gasteiger partial charge in [0, 0.05) is 11.8 Å². The van der Waals surface area contributed by atoms with Gasteiger partial charge in [-0.05, 0) is 12.5 Å². The van der Waals surface area contributed by atoms with Crippen molar-refractivity contribution in [3.8, 4) is 0 Å². The van der Waals surface area contributed by atoms with Gasteiger partial charge in [-0.1, -0.05) is 18.5 Å². The van der Waals surface area contributed by atoms with E-state index in [0.29, 0.717) is 17.1 Å². The summed E-state index contributed by atoms with van der Waals surface area (Å²) in [5.41, 5.74) is 1.22. The Bertz CT molecular complexity index is 325. The zero-order valence-corrected chi connectivity index (χ0v) is 8.26. The molecule has 1 aromatic heterocycles. The van der Waals surface area contributed by atoms with Gasteiger partial charge in [0.25, 0.3) is 0 Å². The van der Waals surface area contributed by atoms with Crippen LogP contribution in [0.2, 0.25) is 5.15 Å². The van der Waals surface area contributed by atoms with Crippen LogP contribution in [0.4, 0.5) is 0 Å². The Kier molecular flexibility index (Phi) is 3.25. The van der Waals surface area contributed by atoms with Gasteiger partial charge in [-0.3, -0.25) is 0 Å². The zero-order chi connectivity index (χ0) is 9.84.